The Labute approximate surface area is 93.0 Å². The monoisotopic (exact) mass is 215 g/mol. The molecule has 0 aromatic rings. The summed E-state index contributed by atoms with van der Waals surface area (Å²) in [4.78, 5) is 0. The fraction of sp³-hybridized carbons (Fsp3) is 1.00. The van der Waals surface area contributed by atoms with Gasteiger partial charge in [-0.25, -0.2) is 0 Å². The third-order valence-electron chi connectivity index (χ3n) is 4.04. The van der Waals surface area contributed by atoms with E-state index in [9.17, 15) is 5.11 Å². The van der Waals surface area contributed by atoms with E-state index in [0.29, 0.717) is 6.54 Å². The molecule has 1 fully saturated rings. The molecular weight excluding hydrogens is 190 g/mol. The van der Waals surface area contributed by atoms with Gasteiger partial charge in [0, 0.05) is 6.54 Å². The number of ether oxygens (including phenoxy) is 1. The summed E-state index contributed by atoms with van der Waals surface area (Å²) in [5.41, 5.74) is 5.76. The van der Waals surface area contributed by atoms with Gasteiger partial charge in [0.15, 0.2) is 0 Å². The molecule has 0 aromatic carbocycles. The van der Waals surface area contributed by atoms with Gasteiger partial charge in [0.25, 0.3) is 0 Å². The minimum Gasteiger partial charge on any atom is -0.391 e. The molecular formula is C12H25NO2. The van der Waals surface area contributed by atoms with Crippen LogP contribution in [0.2, 0.25) is 0 Å². The van der Waals surface area contributed by atoms with E-state index in [1.807, 2.05) is 6.92 Å². The van der Waals surface area contributed by atoms with Gasteiger partial charge < -0.3 is 15.6 Å². The second-order valence-corrected chi connectivity index (χ2v) is 5.50. The Morgan fingerprint density at radius 2 is 1.93 bits per heavy atom. The standard InChI is InChI=1S/C12H25NO2/c1-9(14)10(2)15-12(8-13)7-5-6-11(12,3)4/h9-10,14H,5-8,13H2,1-4H3. The molecule has 1 aliphatic carbocycles. The molecule has 0 amide bonds. The largest absolute Gasteiger partial charge is 0.391 e. The van der Waals surface area contributed by atoms with Crippen molar-refractivity contribution in [3.63, 3.8) is 0 Å². The molecule has 3 unspecified atom stereocenters. The summed E-state index contributed by atoms with van der Waals surface area (Å²) in [6.07, 6.45) is 2.73. The highest BCUT2D eigenvalue weighted by atomic mass is 16.5. The lowest BCUT2D eigenvalue weighted by Gasteiger charge is -2.43. The first kappa shape index (κ1) is 12.9. The molecule has 0 spiro atoms. The van der Waals surface area contributed by atoms with Gasteiger partial charge in [-0.1, -0.05) is 13.8 Å². The van der Waals surface area contributed by atoms with Crippen molar-refractivity contribution in [1.29, 1.82) is 0 Å². The van der Waals surface area contributed by atoms with E-state index in [-0.39, 0.29) is 17.1 Å². The summed E-state index contributed by atoms with van der Waals surface area (Å²) in [5, 5.41) is 9.50. The molecule has 1 saturated carbocycles. The second kappa shape index (κ2) is 4.40. The van der Waals surface area contributed by atoms with Crippen LogP contribution in [-0.2, 0) is 4.74 Å². The highest BCUT2D eigenvalue weighted by Crippen LogP contribution is 2.48. The maximum atomic E-state index is 9.50. The summed E-state index contributed by atoms with van der Waals surface area (Å²) in [5.74, 6) is 0. The quantitative estimate of drug-likeness (QED) is 0.750. The topological polar surface area (TPSA) is 55.5 Å². The van der Waals surface area contributed by atoms with E-state index in [4.69, 9.17) is 10.5 Å². The number of nitrogens with two attached hydrogens (primary N) is 1. The minimum absolute atomic E-state index is 0.116. The van der Waals surface area contributed by atoms with Crippen molar-refractivity contribution in [3.05, 3.63) is 0 Å². The Hall–Kier alpha value is -0.120. The summed E-state index contributed by atoms with van der Waals surface area (Å²) in [7, 11) is 0. The molecule has 0 saturated heterocycles. The van der Waals surface area contributed by atoms with Gasteiger partial charge in [-0.15, -0.1) is 0 Å². The van der Waals surface area contributed by atoms with E-state index in [2.05, 4.69) is 13.8 Å². The van der Waals surface area contributed by atoms with Crippen LogP contribution in [0.4, 0.5) is 0 Å². The average Bonchev–Trinajstić information content (AvgIpc) is 2.42. The van der Waals surface area contributed by atoms with Gasteiger partial charge in [-0.2, -0.15) is 0 Å². The van der Waals surface area contributed by atoms with Crippen LogP contribution in [0.15, 0.2) is 0 Å². The molecule has 0 aliphatic heterocycles. The fourth-order valence-corrected chi connectivity index (χ4v) is 2.48. The first-order valence-electron chi connectivity index (χ1n) is 5.90. The maximum Gasteiger partial charge on any atom is 0.0859 e. The van der Waals surface area contributed by atoms with Crippen LogP contribution < -0.4 is 5.73 Å². The number of rotatable bonds is 4. The normalized spacial score (nSPS) is 34.0. The third kappa shape index (κ3) is 2.35. The lowest BCUT2D eigenvalue weighted by molar-refractivity contribution is -0.158. The summed E-state index contributed by atoms with van der Waals surface area (Å²) in [6.45, 7) is 8.63. The Bertz CT molecular complexity index is 216. The van der Waals surface area contributed by atoms with Crippen molar-refractivity contribution in [1.82, 2.24) is 0 Å². The predicted octanol–water partition coefficient (Wildman–Crippen LogP) is 1.68. The van der Waals surface area contributed by atoms with Crippen LogP contribution >= 0.6 is 0 Å². The highest BCUT2D eigenvalue weighted by molar-refractivity contribution is 5.01. The zero-order chi connectivity index (χ0) is 11.7. The maximum absolute atomic E-state index is 9.50. The number of hydrogen-bond donors (Lipinski definition) is 2. The van der Waals surface area contributed by atoms with Crippen molar-refractivity contribution < 1.29 is 9.84 Å². The first-order valence-corrected chi connectivity index (χ1v) is 5.90. The van der Waals surface area contributed by atoms with Gasteiger partial charge in [0.1, 0.15) is 0 Å². The highest BCUT2D eigenvalue weighted by Gasteiger charge is 2.49. The third-order valence-corrected chi connectivity index (χ3v) is 4.04. The fourth-order valence-electron chi connectivity index (χ4n) is 2.48. The Balaban J connectivity index is 2.77. The molecule has 1 rings (SSSR count). The van der Waals surface area contributed by atoms with E-state index >= 15 is 0 Å². The lowest BCUT2D eigenvalue weighted by Crippen LogP contribution is -2.52. The van der Waals surface area contributed by atoms with E-state index < -0.39 is 6.10 Å². The van der Waals surface area contributed by atoms with Crippen LogP contribution in [0, 0.1) is 5.41 Å². The molecule has 3 nitrogen and oxygen atoms in total. The molecule has 3 atom stereocenters. The Morgan fingerprint density at radius 1 is 1.33 bits per heavy atom. The van der Waals surface area contributed by atoms with E-state index in [1.54, 1.807) is 6.92 Å². The van der Waals surface area contributed by atoms with Crippen LogP contribution in [0.25, 0.3) is 0 Å². The van der Waals surface area contributed by atoms with Crippen molar-refractivity contribution in [2.75, 3.05) is 6.54 Å². The number of hydrogen-bond acceptors (Lipinski definition) is 3. The van der Waals surface area contributed by atoms with Crippen LogP contribution in [0.3, 0.4) is 0 Å². The molecule has 3 N–H and O–H groups in total. The van der Waals surface area contributed by atoms with Gasteiger partial charge >= 0.3 is 0 Å². The van der Waals surface area contributed by atoms with Gasteiger partial charge in [0.05, 0.1) is 17.8 Å². The van der Waals surface area contributed by atoms with E-state index in [0.717, 1.165) is 19.3 Å². The molecule has 1 aliphatic rings. The van der Waals surface area contributed by atoms with Crippen molar-refractivity contribution >= 4 is 0 Å². The molecule has 0 bridgehead atoms. The summed E-state index contributed by atoms with van der Waals surface area (Å²) >= 11 is 0. The average molecular weight is 215 g/mol. The SMILES string of the molecule is CC(O)C(C)OC1(CN)CCCC1(C)C. The second-order valence-electron chi connectivity index (χ2n) is 5.50. The molecule has 3 heteroatoms. The molecule has 0 aromatic heterocycles. The van der Waals surface area contributed by atoms with Crippen LogP contribution in [0.1, 0.15) is 47.0 Å². The molecule has 90 valence electrons. The minimum atomic E-state index is -0.440. The van der Waals surface area contributed by atoms with Crippen molar-refractivity contribution in [2.45, 2.75) is 64.8 Å². The summed E-state index contributed by atoms with van der Waals surface area (Å²) < 4.78 is 6.05. The zero-order valence-electron chi connectivity index (χ0n) is 10.4. The Morgan fingerprint density at radius 3 is 2.27 bits per heavy atom. The summed E-state index contributed by atoms with van der Waals surface area (Å²) in [6, 6.07) is 0. The predicted molar refractivity (Wildman–Crippen MR) is 61.6 cm³/mol. The lowest BCUT2D eigenvalue weighted by atomic mass is 9.77. The Kier molecular flexibility index (Phi) is 3.80. The number of aliphatic hydroxyl groups excluding tert-OH is 1. The van der Waals surface area contributed by atoms with Crippen molar-refractivity contribution in [2.24, 2.45) is 11.1 Å². The van der Waals surface area contributed by atoms with Gasteiger partial charge in [0.2, 0.25) is 0 Å². The number of aliphatic hydroxyl groups is 1. The zero-order valence-corrected chi connectivity index (χ0v) is 10.4. The van der Waals surface area contributed by atoms with Crippen LogP contribution in [-0.4, -0.2) is 29.5 Å². The molecule has 0 heterocycles. The smallest absolute Gasteiger partial charge is 0.0859 e. The first-order chi connectivity index (χ1) is 6.84. The molecule has 0 radical (unpaired) electrons. The van der Waals surface area contributed by atoms with Gasteiger partial charge in [-0.3, -0.25) is 0 Å². The van der Waals surface area contributed by atoms with E-state index in [1.165, 1.54) is 0 Å². The molecule has 15 heavy (non-hydrogen) atoms. The van der Waals surface area contributed by atoms with Gasteiger partial charge in [-0.05, 0) is 38.5 Å². The van der Waals surface area contributed by atoms with Crippen molar-refractivity contribution in [3.8, 4) is 0 Å². The van der Waals surface area contributed by atoms with Crippen LogP contribution in [0.5, 0.6) is 0 Å².